The van der Waals surface area contributed by atoms with Gasteiger partial charge < -0.3 is 4.42 Å². The van der Waals surface area contributed by atoms with Crippen LogP contribution in [-0.4, -0.2) is 19.7 Å². The highest BCUT2D eigenvalue weighted by Crippen LogP contribution is 2.20. The Kier molecular flexibility index (Phi) is 1.99. The van der Waals surface area contributed by atoms with Gasteiger partial charge in [0.15, 0.2) is 17.5 Å². The first-order chi connectivity index (χ1) is 6.58. The topological polar surface area (TPSA) is 59.6 Å². The van der Waals surface area contributed by atoms with Crippen molar-refractivity contribution in [2.45, 2.75) is 13.8 Å². The predicted octanol–water partition coefficient (Wildman–Crippen LogP) is 1.75. The van der Waals surface area contributed by atoms with E-state index in [1.807, 2.05) is 6.92 Å². The molecule has 0 saturated heterocycles. The maximum atomic E-state index is 5.40. The van der Waals surface area contributed by atoms with E-state index >= 15 is 0 Å². The fourth-order valence-electron chi connectivity index (χ4n) is 1.25. The lowest BCUT2D eigenvalue weighted by Gasteiger charge is -1.90. The molecular formula is C8H10N4OS. The summed E-state index contributed by atoms with van der Waals surface area (Å²) in [7, 11) is 1.80. The number of rotatable bonds is 1. The van der Waals surface area contributed by atoms with E-state index in [0.717, 1.165) is 5.69 Å². The first-order valence-electron chi connectivity index (χ1n) is 4.15. The number of hydrogen-bond acceptors (Lipinski definition) is 4. The van der Waals surface area contributed by atoms with Crippen LogP contribution in [0.15, 0.2) is 4.42 Å². The van der Waals surface area contributed by atoms with Crippen LogP contribution < -0.4 is 0 Å². The lowest BCUT2D eigenvalue weighted by molar-refractivity contribution is 0.529. The Bertz CT molecular complexity index is 522. The number of aromatic amines is 1. The van der Waals surface area contributed by atoms with Gasteiger partial charge in [-0.15, -0.1) is 0 Å². The number of oxazole rings is 1. The van der Waals surface area contributed by atoms with Crippen LogP contribution in [0.1, 0.15) is 11.6 Å². The van der Waals surface area contributed by atoms with Gasteiger partial charge in [-0.1, -0.05) is 0 Å². The third-order valence-electron chi connectivity index (χ3n) is 1.89. The van der Waals surface area contributed by atoms with E-state index in [0.29, 0.717) is 22.2 Å². The molecule has 0 aromatic carbocycles. The van der Waals surface area contributed by atoms with Gasteiger partial charge in [0.1, 0.15) is 0 Å². The van der Waals surface area contributed by atoms with E-state index in [1.165, 1.54) is 0 Å². The third kappa shape index (κ3) is 1.37. The van der Waals surface area contributed by atoms with Gasteiger partial charge in [-0.05, 0) is 19.1 Å². The van der Waals surface area contributed by atoms with Crippen molar-refractivity contribution in [1.29, 1.82) is 0 Å². The molecule has 0 atom stereocenters. The summed E-state index contributed by atoms with van der Waals surface area (Å²) in [5.41, 5.74) is 0.812. The number of hydrogen-bond donors (Lipinski definition) is 1. The number of nitrogens with zero attached hydrogens (tertiary/aromatic N) is 3. The van der Waals surface area contributed by atoms with Gasteiger partial charge >= 0.3 is 0 Å². The van der Waals surface area contributed by atoms with E-state index in [4.69, 9.17) is 16.6 Å². The van der Waals surface area contributed by atoms with Gasteiger partial charge in [0, 0.05) is 14.0 Å². The molecule has 0 aliphatic heterocycles. The lowest BCUT2D eigenvalue weighted by atomic mass is 10.3. The molecule has 0 saturated carbocycles. The fourth-order valence-corrected chi connectivity index (χ4v) is 1.39. The molecule has 0 radical (unpaired) electrons. The highest BCUT2D eigenvalue weighted by molar-refractivity contribution is 7.71. The monoisotopic (exact) mass is 210 g/mol. The van der Waals surface area contributed by atoms with Gasteiger partial charge in [-0.3, -0.25) is 9.78 Å². The van der Waals surface area contributed by atoms with Crippen molar-refractivity contribution in [2.75, 3.05) is 0 Å². The van der Waals surface area contributed by atoms with Crippen LogP contribution >= 0.6 is 12.2 Å². The average Bonchev–Trinajstić information content (AvgIpc) is 2.57. The molecule has 2 heterocycles. The van der Waals surface area contributed by atoms with Crippen LogP contribution in [0.3, 0.4) is 0 Å². The molecule has 0 bridgehead atoms. The van der Waals surface area contributed by atoms with E-state index in [2.05, 4.69) is 15.1 Å². The number of aromatic nitrogens is 4. The zero-order valence-corrected chi connectivity index (χ0v) is 8.97. The molecular weight excluding hydrogens is 200 g/mol. The van der Waals surface area contributed by atoms with Crippen LogP contribution in [0.5, 0.6) is 0 Å². The molecule has 14 heavy (non-hydrogen) atoms. The second-order valence-electron chi connectivity index (χ2n) is 3.06. The van der Waals surface area contributed by atoms with Gasteiger partial charge in [0.25, 0.3) is 0 Å². The summed E-state index contributed by atoms with van der Waals surface area (Å²) in [4.78, 5) is 8.30. The molecule has 1 N–H and O–H groups in total. The van der Waals surface area contributed by atoms with E-state index in [1.54, 1.807) is 18.7 Å². The Morgan fingerprint density at radius 2 is 2.07 bits per heavy atom. The molecule has 2 rings (SSSR count). The third-order valence-corrected chi connectivity index (χ3v) is 2.25. The Morgan fingerprint density at radius 3 is 2.50 bits per heavy atom. The summed E-state index contributed by atoms with van der Waals surface area (Å²) in [6, 6.07) is 0. The minimum absolute atomic E-state index is 0.494. The minimum atomic E-state index is 0.494. The zero-order chi connectivity index (χ0) is 10.3. The van der Waals surface area contributed by atoms with E-state index < -0.39 is 0 Å². The highest BCUT2D eigenvalue weighted by atomic mass is 32.1. The van der Waals surface area contributed by atoms with Crippen molar-refractivity contribution >= 4 is 12.2 Å². The van der Waals surface area contributed by atoms with Crippen LogP contribution in [0.25, 0.3) is 11.6 Å². The summed E-state index contributed by atoms with van der Waals surface area (Å²) >= 11 is 4.98. The maximum absolute atomic E-state index is 5.40. The summed E-state index contributed by atoms with van der Waals surface area (Å²) in [5.74, 6) is 1.90. The van der Waals surface area contributed by atoms with E-state index in [9.17, 15) is 0 Å². The van der Waals surface area contributed by atoms with E-state index in [-0.39, 0.29) is 0 Å². The molecule has 2 aromatic rings. The van der Waals surface area contributed by atoms with Crippen LogP contribution in [0, 0.1) is 18.6 Å². The molecule has 2 aromatic heterocycles. The SMILES string of the molecule is Cc1nc(C)c(-c2nc(=S)n(C)[nH]2)o1. The zero-order valence-electron chi connectivity index (χ0n) is 8.16. The molecule has 74 valence electrons. The Balaban J connectivity index is 2.59. The minimum Gasteiger partial charge on any atom is -0.437 e. The second kappa shape index (κ2) is 3.06. The first-order valence-corrected chi connectivity index (χ1v) is 4.56. The molecule has 0 aliphatic rings. The van der Waals surface area contributed by atoms with Crippen molar-refractivity contribution in [1.82, 2.24) is 19.7 Å². The standard InChI is InChI=1S/C8H10N4OS/c1-4-6(13-5(2)9-4)7-10-8(14)12(3)11-7/h1-3H3,(H,10,11,14). The number of aryl methyl sites for hydroxylation is 3. The first kappa shape index (κ1) is 9.14. The Labute approximate surface area is 85.8 Å². The summed E-state index contributed by atoms with van der Waals surface area (Å²) in [5, 5.41) is 2.98. The van der Waals surface area contributed by atoms with Crippen LogP contribution in [0.2, 0.25) is 0 Å². The maximum Gasteiger partial charge on any atom is 0.216 e. The largest absolute Gasteiger partial charge is 0.437 e. The van der Waals surface area contributed by atoms with Crippen molar-refractivity contribution in [2.24, 2.45) is 7.05 Å². The molecule has 0 amide bonds. The van der Waals surface area contributed by atoms with Crippen molar-refractivity contribution < 1.29 is 4.42 Å². The number of nitrogens with one attached hydrogen (secondary N) is 1. The quantitative estimate of drug-likeness (QED) is 0.728. The molecule has 5 nitrogen and oxygen atoms in total. The summed E-state index contributed by atoms with van der Waals surface area (Å²) in [6.45, 7) is 3.67. The predicted molar refractivity (Wildman–Crippen MR) is 53.4 cm³/mol. The van der Waals surface area contributed by atoms with Crippen LogP contribution in [0.4, 0.5) is 0 Å². The summed E-state index contributed by atoms with van der Waals surface area (Å²) < 4.78 is 7.55. The molecule has 0 fully saturated rings. The molecule has 0 aliphatic carbocycles. The number of H-pyrrole nitrogens is 1. The van der Waals surface area contributed by atoms with Crippen LogP contribution in [-0.2, 0) is 7.05 Å². The molecule has 0 spiro atoms. The average molecular weight is 210 g/mol. The molecule has 0 unspecified atom stereocenters. The summed E-state index contributed by atoms with van der Waals surface area (Å²) in [6.07, 6.45) is 0. The van der Waals surface area contributed by atoms with Gasteiger partial charge in [0.05, 0.1) is 5.69 Å². The van der Waals surface area contributed by atoms with Gasteiger partial charge in [-0.25, -0.2) is 4.98 Å². The van der Waals surface area contributed by atoms with Crippen molar-refractivity contribution in [3.8, 4) is 11.6 Å². The second-order valence-corrected chi connectivity index (χ2v) is 3.43. The Morgan fingerprint density at radius 1 is 1.36 bits per heavy atom. The highest BCUT2D eigenvalue weighted by Gasteiger charge is 2.12. The van der Waals surface area contributed by atoms with Crippen molar-refractivity contribution in [3.63, 3.8) is 0 Å². The Hall–Kier alpha value is -1.43. The van der Waals surface area contributed by atoms with Gasteiger partial charge in [0.2, 0.25) is 4.77 Å². The normalized spacial score (nSPS) is 10.8. The van der Waals surface area contributed by atoms with Gasteiger partial charge in [-0.2, -0.15) is 4.98 Å². The molecule has 6 heteroatoms. The van der Waals surface area contributed by atoms with Crippen molar-refractivity contribution in [3.05, 3.63) is 16.4 Å². The lowest BCUT2D eigenvalue weighted by Crippen LogP contribution is -1.89. The fraction of sp³-hybridized carbons (Fsp3) is 0.375. The smallest absolute Gasteiger partial charge is 0.216 e.